The van der Waals surface area contributed by atoms with Gasteiger partial charge in [-0.1, -0.05) is 6.42 Å². The highest BCUT2D eigenvalue weighted by Crippen LogP contribution is 2.32. The van der Waals surface area contributed by atoms with Crippen molar-refractivity contribution < 1.29 is 14.3 Å². The first-order chi connectivity index (χ1) is 10.2. The van der Waals surface area contributed by atoms with E-state index in [4.69, 9.17) is 21.1 Å². The third-order valence-electron chi connectivity index (χ3n) is 4.15. The van der Waals surface area contributed by atoms with Crippen molar-refractivity contribution in [3.63, 3.8) is 0 Å². The van der Waals surface area contributed by atoms with Gasteiger partial charge in [-0.25, -0.2) is 0 Å². The fraction of sp³-hybridized carbons (Fsp3) is 0.562. The van der Waals surface area contributed by atoms with Crippen LogP contribution in [0.3, 0.4) is 0 Å². The molecule has 0 aromatic heterocycles. The van der Waals surface area contributed by atoms with Gasteiger partial charge in [0, 0.05) is 24.1 Å². The molecule has 1 aliphatic carbocycles. The predicted molar refractivity (Wildman–Crippen MR) is 83.4 cm³/mol. The van der Waals surface area contributed by atoms with E-state index in [0.29, 0.717) is 41.3 Å². The SMILES string of the molecule is COc1cc(OC)cc(C(=O)NCC2CCCC2CCl)c1. The van der Waals surface area contributed by atoms with Crippen LogP contribution in [0.1, 0.15) is 29.6 Å². The van der Waals surface area contributed by atoms with Crippen LogP contribution in [0.25, 0.3) is 0 Å². The Labute approximate surface area is 130 Å². The maximum Gasteiger partial charge on any atom is 0.251 e. The molecular formula is C16H22ClNO3. The normalized spacial score (nSPS) is 21.1. The molecule has 0 bridgehead atoms. The Bertz CT molecular complexity index is 470. The molecular weight excluding hydrogens is 290 g/mol. The summed E-state index contributed by atoms with van der Waals surface area (Å²) in [6, 6.07) is 5.17. The van der Waals surface area contributed by atoms with Crippen molar-refractivity contribution in [2.24, 2.45) is 11.8 Å². The topological polar surface area (TPSA) is 47.6 Å². The molecule has 1 saturated carbocycles. The number of halogens is 1. The van der Waals surface area contributed by atoms with Crippen LogP contribution >= 0.6 is 11.6 Å². The Morgan fingerprint density at radius 1 is 1.19 bits per heavy atom. The van der Waals surface area contributed by atoms with E-state index < -0.39 is 0 Å². The van der Waals surface area contributed by atoms with Crippen molar-refractivity contribution in [3.8, 4) is 11.5 Å². The van der Waals surface area contributed by atoms with Gasteiger partial charge in [-0.05, 0) is 36.8 Å². The largest absolute Gasteiger partial charge is 0.497 e. The second-order valence-corrected chi connectivity index (χ2v) is 5.73. The summed E-state index contributed by atoms with van der Waals surface area (Å²) in [5.41, 5.74) is 0.548. The summed E-state index contributed by atoms with van der Waals surface area (Å²) >= 11 is 5.97. The van der Waals surface area contributed by atoms with E-state index >= 15 is 0 Å². The van der Waals surface area contributed by atoms with Gasteiger partial charge in [-0.15, -0.1) is 11.6 Å². The van der Waals surface area contributed by atoms with Crippen molar-refractivity contribution in [1.82, 2.24) is 5.32 Å². The monoisotopic (exact) mass is 311 g/mol. The summed E-state index contributed by atoms with van der Waals surface area (Å²) in [5.74, 6) is 2.80. The average molecular weight is 312 g/mol. The second-order valence-electron chi connectivity index (χ2n) is 5.42. The standard InChI is InChI=1S/C16H22ClNO3/c1-20-14-6-13(7-15(8-14)21-2)16(19)18-10-12-5-3-4-11(12)9-17/h6-8,11-12H,3-5,9-10H2,1-2H3,(H,18,19). The van der Waals surface area contributed by atoms with E-state index in [9.17, 15) is 4.79 Å². The van der Waals surface area contributed by atoms with Crippen LogP contribution in [0.15, 0.2) is 18.2 Å². The van der Waals surface area contributed by atoms with Crippen LogP contribution in [0, 0.1) is 11.8 Å². The highest BCUT2D eigenvalue weighted by molar-refractivity contribution is 6.18. The quantitative estimate of drug-likeness (QED) is 0.821. The lowest BCUT2D eigenvalue weighted by Gasteiger charge is -2.18. The predicted octanol–water partition coefficient (Wildman–Crippen LogP) is 3.09. The van der Waals surface area contributed by atoms with Crippen LogP contribution in [-0.4, -0.2) is 32.6 Å². The molecule has 0 heterocycles. The van der Waals surface area contributed by atoms with Gasteiger partial charge in [-0.3, -0.25) is 4.79 Å². The molecule has 0 radical (unpaired) electrons. The second kappa shape index (κ2) is 7.55. The number of alkyl halides is 1. The molecule has 1 N–H and O–H groups in total. The van der Waals surface area contributed by atoms with Gasteiger partial charge in [0.05, 0.1) is 14.2 Å². The Morgan fingerprint density at radius 3 is 2.38 bits per heavy atom. The summed E-state index contributed by atoms with van der Waals surface area (Å²) in [7, 11) is 3.14. The number of carbonyl (C=O) groups excluding carboxylic acids is 1. The molecule has 1 aromatic rings. The van der Waals surface area contributed by atoms with Gasteiger partial charge in [0.15, 0.2) is 0 Å². The van der Waals surface area contributed by atoms with Gasteiger partial charge >= 0.3 is 0 Å². The first-order valence-corrected chi connectivity index (χ1v) is 7.78. The molecule has 0 aliphatic heterocycles. The first kappa shape index (κ1) is 16.0. The van der Waals surface area contributed by atoms with Crippen molar-refractivity contribution >= 4 is 17.5 Å². The molecule has 4 nitrogen and oxygen atoms in total. The molecule has 1 amide bonds. The minimum Gasteiger partial charge on any atom is -0.497 e. The highest BCUT2D eigenvalue weighted by atomic mass is 35.5. The van der Waals surface area contributed by atoms with E-state index in [1.54, 1.807) is 32.4 Å². The lowest BCUT2D eigenvalue weighted by molar-refractivity contribution is 0.0944. The van der Waals surface area contributed by atoms with E-state index in [-0.39, 0.29) is 5.91 Å². The zero-order valence-electron chi connectivity index (χ0n) is 12.5. The number of methoxy groups -OCH3 is 2. The fourth-order valence-corrected chi connectivity index (χ4v) is 3.26. The van der Waals surface area contributed by atoms with Crippen LogP contribution in [-0.2, 0) is 0 Å². The Balaban J connectivity index is 1.99. The van der Waals surface area contributed by atoms with Crippen LogP contribution < -0.4 is 14.8 Å². The summed E-state index contributed by atoms with van der Waals surface area (Å²) in [6.45, 7) is 0.676. The molecule has 2 rings (SSSR count). The molecule has 1 aromatic carbocycles. The Morgan fingerprint density at radius 2 is 1.81 bits per heavy atom. The molecule has 0 saturated heterocycles. The Hall–Kier alpha value is -1.42. The summed E-state index contributed by atoms with van der Waals surface area (Å²) in [4.78, 5) is 12.3. The summed E-state index contributed by atoms with van der Waals surface area (Å²) in [5, 5.41) is 3.00. The van der Waals surface area contributed by atoms with Crippen molar-refractivity contribution in [2.45, 2.75) is 19.3 Å². The smallest absolute Gasteiger partial charge is 0.251 e. The third-order valence-corrected chi connectivity index (χ3v) is 4.55. The minimum atomic E-state index is -0.104. The van der Waals surface area contributed by atoms with Gasteiger partial charge in [0.1, 0.15) is 11.5 Å². The molecule has 5 heteroatoms. The molecule has 0 spiro atoms. The number of hydrogen-bond acceptors (Lipinski definition) is 3. The minimum absolute atomic E-state index is 0.104. The molecule has 1 fully saturated rings. The van der Waals surface area contributed by atoms with Crippen LogP contribution in [0.4, 0.5) is 0 Å². The van der Waals surface area contributed by atoms with E-state index in [0.717, 1.165) is 12.8 Å². The van der Waals surface area contributed by atoms with Crippen LogP contribution in [0.2, 0.25) is 0 Å². The van der Waals surface area contributed by atoms with Crippen molar-refractivity contribution in [1.29, 1.82) is 0 Å². The van der Waals surface area contributed by atoms with Crippen LogP contribution in [0.5, 0.6) is 11.5 Å². The first-order valence-electron chi connectivity index (χ1n) is 7.25. The molecule has 116 valence electrons. The van der Waals surface area contributed by atoms with E-state index in [1.807, 2.05) is 0 Å². The molecule has 2 unspecified atom stereocenters. The zero-order chi connectivity index (χ0) is 15.2. The summed E-state index contributed by atoms with van der Waals surface area (Å²) in [6.07, 6.45) is 3.50. The zero-order valence-corrected chi connectivity index (χ0v) is 13.3. The number of hydrogen-bond donors (Lipinski definition) is 1. The average Bonchev–Trinajstić information content (AvgIpc) is 2.99. The van der Waals surface area contributed by atoms with Crippen molar-refractivity contribution in [2.75, 3.05) is 26.6 Å². The fourth-order valence-electron chi connectivity index (χ4n) is 2.85. The summed E-state index contributed by atoms with van der Waals surface area (Å²) < 4.78 is 10.4. The number of nitrogens with one attached hydrogen (secondary N) is 1. The molecule has 2 atom stereocenters. The maximum atomic E-state index is 12.3. The van der Waals surface area contributed by atoms with E-state index in [2.05, 4.69) is 5.32 Å². The highest BCUT2D eigenvalue weighted by Gasteiger charge is 2.26. The maximum absolute atomic E-state index is 12.3. The lowest BCUT2D eigenvalue weighted by atomic mass is 9.98. The number of rotatable bonds is 6. The number of benzene rings is 1. The van der Waals surface area contributed by atoms with E-state index in [1.165, 1.54) is 6.42 Å². The van der Waals surface area contributed by atoms with Crippen molar-refractivity contribution in [3.05, 3.63) is 23.8 Å². The van der Waals surface area contributed by atoms with Gasteiger partial charge < -0.3 is 14.8 Å². The Kier molecular flexibility index (Phi) is 5.74. The molecule has 1 aliphatic rings. The van der Waals surface area contributed by atoms with Gasteiger partial charge in [0.2, 0.25) is 0 Å². The van der Waals surface area contributed by atoms with Gasteiger partial charge in [0.25, 0.3) is 5.91 Å². The lowest BCUT2D eigenvalue weighted by Crippen LogP contribution is -2.31. The number of ether oxygens (including phenoxy) is 2. The number of carbonyl (C=O) groups is 1. The molecule has 21 heavy (non-hydrogen) atoms. The third kappa shape index (κ3) is 4.03. The van der Waals surface area contributed by atoms with Gasteiger partial charge in [-0.2, -0.15) is 0 Å². The number of amides is 1.